The number of amides is 1. The first-order chi connectivity index (χ1) is 8.13. The summed E-state index contributed by atoms with van der Waals surface area (Å²) in [5.74, 6) is 0.118. The lowest BCUT2D eigenvalue weighted by Crippen LogP contribution is -2.34. The highest BCUT2D eigenvalue weighted by Gasteiger charge is 2.14. The summed E-state index contributed by atoms with van der Waals surface area (Å²) in [7, 11) is 0. The van der Waals surface area contributed by atoms with Gasteiger partial charge in [0, 0.05) is 18.0 Å². The zero-order valence-electron chi connectivity index (χ0n) is 10.2. The topological polar surface area (TPSA) is 49.3 Å². The number of carbonyl (C=O) groups excluding carboxylic acids is 1. The highest BCUT2D eigenvalue weighted by molar-refractivity contribution is 8.00. The second-order valence-electron chi connectivity index (χ2n) is 4.11. The van der Waals surface area contributed by atoms with E-state index in [4.69, 9.17) is 5.11 Å². The van der Waals surface area contributed by atoms with Gasteiger partial charge in [0.05, 0.1) is 5.25 Å². The third-order valence-electron chi connectivity index (χ3n) is 2.36. The Hall–Kier alpha value is -1.00. The quantitative estimate of drug-likeness (QED) is 0.761. The molecular weight excluding hydrogens is 234 g/mol. The number of aliphatic hydroxyl groups is 1. The van der Waals surface area contributed by atoms with Crippen molar-refractivity contribution < 1.29 is 9.90 Å². The van der Waals surface area contributed by atoms with Gasteiger partial charge in [-0.15, -0.1) is 11.8 Å². The Morgan fingerprint density at radius 3 is 2.59 bits per heavy atom. The zero-order valence-corrected chi connectivity index (χ0v) is 11.0. The Labute approximate surface area is 107 Å². The van der Waals surface area contributed by atoms with Gasteiger partial charge in [0.2, 0.25) is 5.91 Å². The summed E-state index contributed by atoms with van der Waals surface area (Å²) in [4.78, 5) is 12.8. The molecule has 0 saturated carbocycles. The Kier molecular flexibility index (Phi) is 6.08. The minimum absolute atomic E-state index is 0.0131. The van der Waals surface area contributed by atoms with Crippen molar-refractivity contribution in [2.24, 2.45) is 5.92 Å². The van der Waals surface area contributed by atoms with E-state index in [1.54, 1.807) is 0 Å². The molecule has 0 aliphatic rings. The molecule has 0 bridgehead atoms. The van der Waals surface area contributed by atoms with Gasteiger partial charge in [0.1, 0.15) is 0 Å². The van der Waals surface area contributed by atoms with Crippen molar-refractivity contribution in [2.45, 2.75) is 24.0 Å². The van der Waals surface area contributed by atoms with Gasteiger partial charge in [0.15, 0.2) is 0 Å². The summed E-state index contributed by atoms with van der Waals surface area (Å²) < 4.78 is 0. The molecule has 0 fully saturated rings. The standard InChI is InChI=1S/C13H19NO2S/c1-10(9-15)8-14-13(16)11(2)17-12-6-4-3-5-7-12/h3-7,10-11,15H,8-9H2,1-2H3,(H,14,16). The van der Waals surface area contributed by atoms with Crippen molar-refractivity contribution in [3.8, 4) is 0 Å². The molecule has 0 saturated heterocycles. The summed E-state index contributed by atoms with van der Waals surface area (Å²) in [6.45, 7) is 4.40. The number of rotatable bonds is 6. The number of benzene rings is 1. The van der Waals surface area contributed by atoms with E-state index < -0.39 is 0 Å². The summed E-state index contributed by atoms with van der Waals surface area (Å²) in [6, 6.07) is 9.86. The fourth-order valence-corrected chi connectivity index (χ4v) is 2.15. The maximum Gasteiger partial charge on any atom is 0.233 e. The lowest BCUT2D eigenvalue weighted by atomic mass is 10.2. The molecule has 2 atom stereocenters. The van der Waals surface area contributed by atoms with Crippen LogP contribution in [-0.4, -0.2) is 29.4 Å². The normalized spacial score (nSPS) is 14.1. The molecule has 0 spiro atoms. The zero-order chi connectivity index (χ0) is 12.7. The number of aliphatic hydroxyl groups excluding tert-OH is 1. The van der Waals surface area contributed by atoms with Gasteiger partial charge < -0.3 is 10.4 Å². The van der Waals surface area contributed by atoms with Gasteiger partial charge in [-0.05, 0) is 25.0 Å². The van der Waals surface area contributed by atoms with Gasteiger partial charge in [0.25, 0.3) is 0 Å². The largest absolute Gasteiger partial charge is 0.396 e. The van der Waals surface area contributed by atoms with Crippen molar-refractivity contribution in [1.82, 2.24) is 5.32 Å². The predicted octanol–water partition coefficient (Wildman–Crippen LogP) is 1.91. The Bertz CT molecular complexity index is 343. The fraction of sp³-hybridized carbons (Fsp3) is 0.462. The number of nitrogens with one attached hydrogen (secondary N) is 1. The van der Waals surface area contributed by atoms with Crippen LogP contribution in [0.2, 0.25) is 0 Å². The summed E-state index contributed by atoms with van der Waals surface area (Å²) >= 11 is 1.54. The molecule has 0 aromatic heterocycles. The minimum atomic E-state index is -0.122. The van der Waals surface area contributed by atoms with Crippen LogP contribution in [-0.2, 0) is 4.79 Å². The molecule has 1 rings (SSSR count). The van der Waals surface area contributed by atoms with Crippen LogP contribution < -0.4 is 5.32 Å². The van der Waals surface area contributed by atoms with Crippen LogP contribution >= 0.6 is 11.8 Å². The minimum Gasteiger partial charge on any atom is -0.396 e. The number of thioether (sulfide) groups is 1. The predicted molar refractivity (Wildman–Crippen MR) is 71.0 cm³/mol. The molecule has 4 heteroatoms. The molecule has 3 nitrogen and oxygen atoms in total. The van der Waals surface area contributed by atoms with Crippen molar-refractivity contribution >= 4 is 17.7 Å². The molecule has 0 heterocycles. The van der Waals surface area contributed by atoms with Crippen LogP contribution in [0.1, 0.15) is 13.8 Å². The first-order valence-corrected chi connectivity index (χ1v) is 6.61. The number of carbonyl (C=O) groups is 1. The highest BCUT2D eigenvalue weighted by Crippen LogP contribution is 2.22. The van der Waals surface area contributed by atoms with Crippen molar-refractivity contribution in [3.05, 3.63) is 30.3 Å². The highest BCUT2D eigenvalue weighted by atomic mass is 32.2. The summed E-state index contributed by atoms with van der Waals surface area (Å²) in [5.41, 5.74) is 0. The Morgan fingerprint density at radius 2 is 2.00 bits per heavy atom. The molecule has 0 radical (unpaired) electrons. The van der Waals surface area contributed by atoms with E-state index in [2.05, 4.69) is 5.32 Å². The second-order valence-corrected chi connectivity index (χ2v) is 5.52. The lowest BCUT2D eigenvalue weighted by molar-refractivity contribution is -0.120. The summed E-state index contributed by atoms with van der Waals surface area (Å²) in [5, 5.41) is 11.6. The van der Waals surface area contributed by atoms with E-state index in [-0.39, 0.29) is 23.7 Å². The van der Waals surface area contributed by atoms with E-state index in [0.29, 0.717) is 6.54 Å². The lowest BCUT2D eigenvalue weighted by Gasteiger charge is -2.14. The maximum atomic E-state index is 11.8. The first kappa shape index (κ1) is 14.1. The van der Waals surface area contributed by atoms with Crippen LogP contribution in [0.5, 0.6) is 0 Å². The van der Waals surface area contributed by atoms with Gasteiger partial charge in [-0.25, -0.2) is 0 Å². The Morgan fingerprint density at radius 1 is 1.35 bits per heavy atom. The van der Waals surface area contributed by atoms with Crippen molar-refractivity contribution in [1.29, 1.82) is 0 Å². The van der Waals surface area contributed by atoms with Gasteiger partial charge in [-0.1, -0.05) is 25.1 Å². The molecule has 0 aliphatic carbocycles. The molecule has 2 unspecified atom stereocenters. The van der Waals surface area contributed by atoms with Crippen LogP contribution in [0.15, 0.2) is 35.2 Å². The average Bonchev–Trinajstić information content (AvgIpc) is 2.36. The molecule has 1 aromatic carbocycles. The van der Waals surface area contributed by atoms with Crippen molar-refractivity contribution in [2.75, 3.05) is 13.2 Å². The number of hydrogen-bond acceptors (Lipinski definition) is 3. The van der Waals surface area contributed by atoms with E-state index in [9.17, 15) is 4.79 Å². The van der Waals surface area contributed by atoms with E-state index in [1.807, 2.05) is 44.2 Å². The number of hydrogen-bond donors (Lipinski definition) is 2. The fourth-order valence-electron chi connectivity index (χ4n) is 1.24. The smallest absolute Gasteiger partial charge is 0.233 e. The summed E-state index contributed by atoms with van der Waals surface area (Å²) in [6.07, 6.45) is 0. The first-order valence-electron chi connectivity index (χ1n) is 5.73. The molecule has 94 valence electrons. The maximum absolute atomic E-state index is 11.8. The SMILES string of the molecule is CC(CO)CNC(=O)C(C)Sc1ccccc1. The van der Waals surface area contributed by atoms with Gasteiger partial charge in [-0.3, -0.25) is 4.79 Å². The molecule has 1 amide bonds. The second kappa shape index (κ2) is 7.35. The Balaban J connectivity index is 2.37. The molecule has 17 heavy (non-hydrogen) atoms. The van der Waals surface area contributed by atoms with Crippen molar-refractivity contribution in [3.63, 3.8) is 0 Å². The van der Waals surface area contributed by atoms with E-state index in [1.165, 1.54) is 11.8 Å². The molecule has 2 N–H and O–H groups in total. The van der Waals surface area contributed by atoms with E-state index in [0.717, 1.165) is 4.90 Å². The van der Waals surface area contributed by atoms with Crippen LogP contribution in [0.4, 0.5) is 0 Å². The molecule has 0 aliphatic heterocycles. The van der Waals surface area contributed by atoms with Crippen LogP contribution in [0.25, 0.3) is 0 Å². The van der Waals surface area contributed by atoms with Crippen LogP contribution in [0.3, 0.4) is 0 Å². The average molecular weight is 253 g/mol. The third kappa shape index (κ3) is 5.24. The third-order valence-corrected chi connectivity index (χ3v) is 3.47. The van der Waals surface area contributed by atoms with Gasteiger partial charge in [-0.2, -0.15) is 0 Å². The van der Waals surface area contributed by atoms with Gasteiger partial charge >= 0.3 is 0 Å². The van der Waals surface area contributed by atoms with E-state index >= 15 is 0 Å². The molecule has 1 aromatic rings. The molecular formula is C13H19NO2S. The van der Waals surface area contributed by atoms with Crippen LogP contribution in [0, 0.1) is 5.92 Å². The monoisotopic (exact) mass is 253 g/mol.